The monoisotopic (exact) mass is 381 g/mol. The first kappa shape index (κ1) is 19.8. The van der Waals surface area contributed by atoms with E-state index in [-0.39, 0.29) is 0 Å². The highest BCUT2D eigenvalue weighted by molar-refractivity contribution is 6.22. The van der Waals surface area contributed by atoms with E-state index in [1.165, 1.54) is 6.33 Å². The van der Waals surface area contributed by atoms with E-state index in [4.69, 9.17) is 16.2 Å². The Kier molecular flexibility index (Phi) is 6.23. The number of rotatable bonds is 8. The first-order valence-corrected chi connectivity index (χ1v) is 9.39. The molecule has 1 aliphatic heterocycles. The smallest absolute Gasteiger partial charge is 0.211 e. The lowest BCUT2D eigenvalue weighted by atomic mass is 10.0. The van der Waals surface area contributed by atoms with Crippen LogP contribution in [0, 0.1) is 0 Å². The van der Waals surface area contributed by atoms with Crippen molar-refractivity contribution in [1.29, 1.82) is 0 Å². The first-order chi connectivity index (χ1) is 13.6. The standard InChI is InChI=1S/C20H27N7O/c1-3-27(4-2)9-10-28-17-7-5-16(6-8-17)20(22)25-13-18(19(21)26-20)15-11-23-14-24-12-15/h5-8,11-14,25H,3-4,9-10,22H2,1-2H3,(H2,21,26). The number of ether oxygens (including phenoxy) is 1. The van der Waals surface area contributed by atoms with Gasteiger partial charge in [-0.15, -0.1) is 0 Å². The molecule has 1 aliphatic rings. The summed E-state index contributed by atoms with van der Waals surface area (Å²) < 4.78 is 5.82. The predicted octanol–water partition coefficient (Wildman–Crippen LogP) is 1.27. The molecule has 148 valence electrons. The van der Waals surface area contributed by atoms with Crippen LogP contribution in [-0.2, 0) is 5.79 Å². The summed E-state index contributed by atoms with van der Waals surface area (Å²) in [5.74, 6) is -0.0104. The van der Waals surface area contributed by atoms with E-state index in [9.17, 15) is 0 Å². The summed E-state index contributed by atoms with van der Waals surface area (Å²) in [7, 11) is 0. The average molecular weight is 381 g/mol. The van der Waals surface area contributed by atoms with Crippen molar-refractivity contribution in [2.75, 3.05) is 26.2 Å². The third kappa shape index (κ3) is 4.47. The zero-order chi connectivity index (χ0) is 20.0. The molecular formula is C20H27N7O. The highest BCUT2D eigenvalue weighted by Gasteiger charge is 2.30. The van der Waals surface area contributed by atoms with Gasteiger partial charge in [0.2, 0.25) is 5.79 Å². The molecule has 0 saturated heterocycles. The van der Waals surface area contributed by atoms with E-state index in [2.05, 4.69) is 39.0 Å². The fourth-order valence-corrected chi connectivity index (χ4v) is 2.99. The van der Waals surface area contributed by atoms with Crippen molar-refractivity contribution in [2.24, 2.45) is 16.5 Å². The molecule has 3 rings (SSSR count). The molecule has 8 heteroatoms. The summed E-state index contributed by atoms with van der Waals surface area (Å²) in [4.78, 5) is 14.8. The first-order valence-electron chi connectivity index (χ1n) is 9.39. The van der Waals surface area contributed by atoms with Crippen LogP contribution in [0.15, 0.2) is 54.2 Å². The minimum absolute atomic E-state index is 0.329. The number of hydrogen-bond donors (Lipinski definition) is 3. The van der Waals surface area contributed by atoms with Crippen LogP contribution in [-0.4, -0.2) is 46.9 Å². The molecular weight excluding hydrogens is 354 g/mol. The molecule has 1 aromatic heterocycles. The van der Waals surface area contributed by atoms with Gasteiger partial charge in [-0.25, -0.2) is 15.0 Å². The third-order valence-electron chi connectivity index (χ3n) is 4.75. The van der Waals surface area contributed by atoms with Crippen LogP contribution in [0.5, 0.6) is 5.75 Å². The summed E-state index contributed by atoms with van der Waals surface area (Å²) in [6.45, 7) is 7.87. The number of aromatic nitrogens is 2. The summed E-state index contributed by atoms with van der Waals surface area (Å²) in [6, 6.07) is 7.57. The van der Waals surface area contributed by atoms with Crippen LogP contribution < -0.4 is 21.5 Å². The van der Waals surface area contributed by atoms with Crippen molar-refractivity contribution in [3.8, 4) is 5.75 Å². The minimum Gasteiger partial charge on any atom is -0.492 e. The maximum absolute atomic E-state index is 6.44. The van der Waals surface area contributed by atoms with Crippen LogP contribution in [0.2, 0.25) is 0 Å². The van der Waals surface area contributed by atoms with Crippen LogP contribution in [0.4, 0.5) is 0 Å². The van der Waals surface area contributed by atoms with Gasteiger partial charge in [-0.2, -0.15) is 0 Å². The molecule has 0 bridgehead atoms. The number of likely N-dealkylation sites (N-methyl/N-ethyl adjacent to an activating group) is 1. The average Bonchev–Trinajstić information content (AvgIpc) is 2.72. The maximum atomic E-state index is 6.44. The van der Waals surface area contributed by atoms with Gasteiger partial charge < -0.3 is 20.7 Å². The Morgan fingerprint density at radius 2 is 1.79 bits per heavy atom. The molecule has 5 N–H and O–H groups in total. The largest absolute Gasteiger partial charge is 0.492 e. The summed E-state index contributed by atoms with van der Waals surface area (Å²) in [6.07, 6.45) is 6.57. The van der Waals surface area contributed by atoms with Gasteiger partial charge in [0.15, 0.2) is 0 Å². The number of aliphatic imine (C=N–C) groups is 1. The lowest BCUT2D eigenvalue weighted by Crippen LogP contribution is -2.50. The highest BCUT2D eigenvalue weighted by Crippen LogP contribution is 2.26. The predicted molar refractivity (Wildman–Crippen MR) is 110 cm³/mol. The number of nitrogens with two attached hydrogens (primary N) is 2. The fraction of sp³-hybridized carbons (Fsp3) is 0.350. The number of amidine groups is 1. The van der Waals surface area contributed by atoms with Crippen molar-refractivity contribution in [3.63, 3.8) is 0 Å². The molecule has 0 spiro atoms. The minimum atomic E-state index is -1.14. The molecule has 0 radical (unpaired) electrons. The van der Waals surface area contributed by atoms with Gasteiger partial charge in [-0.05, 0) is 37.4 Å². The Labute approximate surface area is 165 Å². The lowest BCUT2D eigenvalue weighted by Gasteiger charge is -2.31. The number of hydrogen-bond acceptors (Lipinski definition) is 8. The Balaban J connectivity index is 1.66. The molecule has 0 fully saturated rings. The SMILES string of the molecule is CCN(CC)CCOc1ccc(C2(N)N=C(N)C(c3cncnc3)=CN2)cc1. The van der Waals surface area contributed by atoms with E-state index in [1.807, 2.05) is 24.3 Å². The van der Waals surface area contributed by atoms with Crippen molar-refractivity contribution in [2.45, 2.75) is 19.6 Å². The number of benzene rings is 1. The second kappa shape index (κ2) is 8.81. The van der Waals surface area contributed by atoms with Gasteiger partial charge >= 0.3 is 0 Å². The van der Waals surface area contributed by atoms with Gasteiger partial charge in [0.05, 0.1) is 0 Å². The molecule has 8 nitrogen and oxygen atoms in total. The summed E-state index contributed by atoms with van der Waals surface area (Å²) >= 11 is 0. The zero-order valence-electron chi connectivity index (χ0n) is 16.3. The summed E-state index contributed by atoms with van der Waals surface area (Å²) in [5.41, 5.74) is 14.8. The molecule has 1 aromatic carbocycles. The number of nitrogens with one attached hydrogen (secondary N) is 1. The van der Waals surface area contributed by atoms with Crippen molar-refractivity contribution < 1.29 is 4.74 Å². The van der Waals surface area contributed by atoms with Crippen LogP contribution in [0.25, 0.3) is 5.57 Å². The molecule has 1 atom stereocenters. The molecule has 0 saturated carbocycles. The van der Waals surface area contributed by atoms with Crippen molar-refractivity contribution >= 4 is 11.4 Å². The molecule has 0 amide bonds. The quantitative estimate of drug-likeness (QED) is 0.631. The fourth-order valence-electron chi connectivity index (χ4n) is 2.99. The topological polar surface area (TPSA) is 115 Å². The maximum Gasteiger partial charge on any atom is 0.211 e. The second-order valence-corrected chi connectivity index (χ2v) is 6.49. The van der Waals surface area contributed by atoms with E-state index < -0.39 is 5.79 Å². The summed E-state index contributed by atoms with van der Waals surface area (Å²) in [5, 5.41) is 3.13. The van der Waals surface area contributed by atoms with Gasteiger partial charge in [0.25, 0.3) is 0 Å². The second-order valence-electron chi connectivity index (χ2n) is 6.49. The Morgan fingerprint density at radius 3 is 2.39 bits per heavy atom. The van der Waals surface area contributed by atoms with Crippen molar-refractivity contribution in [3.05, 3.63) is 60.3 Å². The lowest BCUT2D eigenvalue weighted by molar-refractivity contribution is 0.222. The zero-order valence-corrected chi connectivity index (χ0v) is 16.3. The van der Waals surface area contributed by atoms with E-state index >= 15 is 0 Å². The Bertz CT molecular complexity index is 831. The van der Waals surface area contributed by atoms with Gasteiger partial charge in [-0.3, -0.25) is 5.73 Å². The van der Waals surface area contributed by atoms with Gasteiger partial charge in [0.1, 0.15) is 24.5 Å². The highest BCUT2D eigenvalue weighted by atomic mass is 16.5. The Morgan fingerprint density at radius 1 is 1.11 bits per heavy atom. The molecule has 28 heavy (non-hydrogen) atoms. The van der Waals surface area contributed by atoms with Gasteiger partial charge in [0, 0.05) is 41.8 Å². The van der Waals surface area contributed by atoms with E-state index in [0.717, 1.165) is 36.5 Å². The number of nitrogens with zero attached hydrogens (tertiary/aromatic N) is 4. The molecule has 2 heterocycles. The normalized spacial score (nSPS) is 19.0. The Hall–Kier alpha value is -2.97. The van der Waals surface area contributed by atoms with E-state index in [1.54, 1.807) is 18.6 Å². The van der Waals surface area contributed by atoms with E-state index in [0.29, 0.717) is 18.0 Å². The third-order valence-corrected chi connectivity index (χ3v) is 4.75. The van der Waals surface area contributed by atoms with Crippen LogP contribution in [0.3, 0.4) is 0 Å². The molecule has 2 aromatic rings. The molecule has 1 unspecified atom stereocenters. The van der Waals surface area contributed by atoms with Crippen LogP contribution >= 0.6 is 0 Å². The van der Waals surface area contributed by atoms with Gasteiger partial charge in [-0.1, -0.05) is 13.8 Å². The van der Waals surface area contributed by atoms with Crippen LogP contribution in [0.1, 0.15) is 25.0 Å². The van der Waals surface area contributed by atoms with Crippen molar-refractivity contribution in [1.82, 2.24) is 20.2 Å². The molecule has 0 aliphatic carbocycles.